The van der Waals surface area contributed by atoms with E-state index >= 15 is 0 Å². The van der Waals surface area contributed by atoms with E-state index in [2.05, 4.69) is 27.1 Å². The first-order valence-electron chi connectivity index (χ1n) is 13.0. The molecule has 2 saturated heterocycles. The summed E-state index contributed by atoms with van der Waals surface area (Å²) in [5.74, 6) is -0.0812. The van der Waals surface area contributed by atoms with Crippen LogP contribution in [0.4, 0.5) is 5.13 Å². The van der Waals surface area contributed by atoms with Gasteiger partial charge in [0, 0.05) is 69.3 Å². The normalized spacial score (nSPS) is 21.1. The third-order valence-corrected chi connectivity index (χ3v) is 10.7. The van der Waals surface area contributed by atoms with Crippen LogP contribution in [0.2, 0.25) is 0 Å². The number of carbonyl (C=O) groups is 1. The van der Waals surface area contributed by atoms with Gasteiger partial charge in [-0.1, -0.05) is 0 Å². The molecule has 10 nitrogen and oxygen atoms in total. The maximum atomic E-state index is 13.5. The zero-order chi connectivity index (χ0) is 26.0. The lowest BCUT2D eigenvalue weighted by atomic mass is 9.92. The number of amides is 1. The van der Waals surface area contributed by atoms with Gasteiger partial charge in [-0.2, -0.15) is 0 Å². The fraction of sp³-hybridized carbons (Fsp3) is 0.640. The first-order chi connectivity index (χ1) is 17.8. The zero-order valence-electron chi connectivity index (χ0n) is 21.2. The monoisotopic (exact) mass is 549 g/mol. The molecule has 5 rings (SSSR count). The second-order valence-corrected chi connectivity index (χ2v) is 13.7. The van der Waals surface area contributed by atoms with E-state index in [1.165, 1.54) is 28.2 Å². The molecule has 37 heavy (non-hydrogen) atoms. The van der Waals surface area contributed by atoms with E-state index in [4.69, 9.17) is 4.74 Å². The molecule has 0 radical (unpaired) electrons. The summed E-state index contributed by atoms with van der Waals surface area (Å²) < 4.78 is 32.1. The molecule has 0 spiro atoms. The lowest BCUT2D eigenvalue weighted by Crippen LogP contribution is -2.43. The van der Waals surface area contributed by atoms with Crippen LogP contribution in [-0.2, 0) is 25.9 Å². The number of aromatic nitrogens is 2. The SMILES string of the molecule is CN1CCN(Cc2cnc(NC(=O)C(CC3CCOCC3)n3ccc(S(=O)(=O)C4CC4)cc3=O)s2)CC1. The van der Waals surface area contributed by atoms with Crippen LogP contribution in [-0.4, -0.2) is 85.4 Å². The van der Waals surface area contributed by atoms with Crippen molar-refractivity contribution in [3.05, 3.63) is 39.8 Å². The molecule has 3 aliphatic rings. The number of thiazole rings is 1. The number of pyridine rings is 1. The van der Waals surface area contributed by atoms with Gasteiger partial charge >= 0.3 is 0 Å². The van der Waals surface area contributed by atoms with Crippen molar-refractivity contribution in [1.29, 1.82) is 0 Å². The highest BCUT2D eigenvalue weighted by atomic mass is 32.2. The maximum Gasteiger partial charge on any atom is 0.252 e. The number of carbonyl (C=O) groups excluding carboxylic acids is 1. The van der Waals surface area contributed by atoms with Gasteiger partial charge in [-0.3, -0.25) is 14.5 Å². The topological polar surface area (TPSA) is 114 Å². The number of anilines is 1. The largest absolute Gasteiger partial charge is 0.381 e. The minimum absolute atomic E-state index is 0.0370. The number of rotatable bonds is 9. The second-order valence-electron chi connectivity index (χ2n) is 10.4. The van der Waals surface area contributed by atoms with Crippen molar-refractivity contribution in [2.24, 2.45) is 5.92 Å². The van der Waals surface area contributed by atoms with Crippen molar-refractivity contribution in [1.82, 2.24) is 19.4 Å². The van der Waals surface area contributed by atoms with Crippen LogP contribution < -0.4 is 10.9 Å². The molecule has 3 fully saturated rings. The van der Waals surface area contributed by atoms with Crippen LogP contribution in [0.25, 0.3) is 0 Å². The van der Waals surface area contributed by atoms with Crippen molar-refractivity contribution in [2.75, 3.05) is 51.8 Å². The summed E-state index contributed by atoms with van der Waals surface area (Å²) in [5.41, 5.74) is -0.483. The quantitative estimate of drug-likeness (QED) is 0.505. The Kier molecular flexibility index (Phi) is 8.10. The molecule has 2 aliphatic heterocycles. The van der Waals surface area contributed by atoms with Crippen LogP contribution in [0.15, 0.2) is 34.2 Å². The average molecular weight is 550 g/mol. The highest BCUT2D eigenvalue weighted by molar-refractivity contribution is 7.92. The molecule has 12 heteroatoms. The Morgan fingerprint density at radius 1 is 1.19 bits per heavy atom. The van der Waals surface area contributed by atoms with E-state index in [1.54, 1.807) is 6.20 Å². The summed E-state index contributed by atoms with van der Waals surface area (Å²) in [6.07, 6.45) is 6.63. The Balaban J connectivity index is 1.32. The van der Waals surface area contributed by atoms with Crippen LogP contribution in [0.3, 0.4) is 0 Å². The van der Waals surface area contributed by atoms with Gasteiger partial charge < -0.3 is 19.5 Å². The van der Waals surface area contributed by atoms with E-state index in [0.29, 0.717) is 37.6 Å². The highest BCUT2D eigenvalue weighted by Crippen LogP contribution is 2.33. The maximum absolute atomic E-state index is 13.5. The molecule has 1 atom stereocenters. The fourth-order valence-corrected chi connectivity index (χ4v) is 7.49. The van der Waals surface area contributed by atoms with Crippen molar-refractivity contribution in [2.45, 2.75) is 54.8 Å². The van der Waals surface area contributed by atoms with E-state index < -0.39 is 26.7 Å². The van der Waals surface area contributed by atoms with Crippen LogP contribution in [0.1, 0.15) is 43.0 Å². The van der Waals surface area contributed by atoms with E-state index in [-0.39, 0.29) is 16.7 Å². The van der Waals surface area contributed by atoms with Crippen molar-refractivity contribution >= 4 is 32.2 Å². The van der Waals surface area contributed by atoms with E-state index in [9.17, 15) is 18.0 Å². The average Bonchev–Trinajstić information content (AvgIpc) is 3.67. The van der Waals surface area contributed by atoms with Gasteiger partial charge in [-0.15, -0.1) is 11.3 Å². The summed E-state index contributed by atoms with van der Waals surface area (Å²) in [5, 5.41) is 3.04. The molecule has 1 amide bonds. The Labute approximate surface area is 221 Å². The molecule has 0 bridgehead atoms. The second kappa shape index (κ2) is 11.3. The molecule has 1 unspecified atom stereocenters. The number of ether oxygens (including phenoxy) is 1. The third-order valence-electron chi connectivity index (χ3n) is 7.51. The molecule has 4 heterocycles. The molecule has 2 aromatic rings. The van der Waals surface area contributed by atoms with Crippen molar-refractivity contribution < 1.29 is 17.9 Å². The molecule has 0 aromatic carbocycles. The molecule has 1 saturated carbocycles. The minimum Gasteiger partial charge on any atom is -0.381 e. The first kappa shape index (κ1) is 26.5. The first-order valence-corrected chi connectivity index (χ1v) is 15.4. The number of likely N-dealkylation sites (N-methyl/N-ethyl adjacent to an activating group) is 1. The molecule has 1 N–H and O–H groups in total. The smallest absolute Gasteiger partial charge is 0.252 e. The Bertz CT molecular complexity index is 1260. The minimum atomic E-state index is -3.48. The Morgan fingerprint density at radius 3 is 2.59 bits per heavy atom. The van der Waals surface area contributed by atoms with Gasteiger partial charge in [0.2, 0.25) is 5.91 Å². The molecule has 1 aliphatic carbocycles. The van der Waals surface area contributed by atoms with E-state index in [1.807, 2.05) is 0 Å². The number of nitrogens with zero attached hydrogens (tertiary/aromatic N) is 4. The molecule has 2 aromatic heterocycles. The summed E-state index contributed by atoms with van der Waals surface area (Å²) >= 11 is 1.45. The summed E-state index contributed by atoms with van der Waals surface area (Å²) in [6.45, 7) is 6.13. The Morgan fingerprint density at radius 2 is 1.92 bits per heavy atom. The molecule has 202 valence electrons. The highest BCUT2D eigenvalue weighted by Gasteiger charge is 2.37. The fourth-order valence-electron chi connectivity index (χ4n) is 4.98. The number of hydrogen-bond acceptors (Lipinski definition) is 9. The third kappa shape index (κ3) is 6.48. The lowest BCUT2D eigenvalue weighted by Gasteiger charge is -2.31. The van der Waals surface area contributed by atoms with E-state index in [0.717, 1.165) is 56.5 Å². The van der Waals surface area contributed by atoms with Crippen LogP contribution >= 0.6 is 11.3 Å². The summed E-state index contributed by atoms with van der Waals surface area (Å²) in [7, 11) is -1.36. The summed E-state index contributed by atoms with van der Waals surface area (Å²) in [6, 6.07) is 1.85. The van der Waals surface area contributed by atoms with Crippen molar-refractivity contribution in [3.63, 3.8) is 0 Å². The van der Waals surface area contributed by atoms with Crippen molar-refractivity contribution in [3.8, 4) is 0 Å². The molecular weight excluding hydrogens is 514 g/mol. The number of piperazine rings is 1. The zero-order valence-corrected chi connectivity index (χ0v) is 22.8. The number of hydrogen-bond donors (Lipinski definition) is 1. The number of sulfone groups is 1. The van der Waals surface area contributed by atoms with Gasteiger partial charge in [-0.05, 0) is 51.1 Å². The van der Waals surface area contributed by atoms with Crippen LogP contribution in [0, 0.1) is 5.92 Å². The van der Waals surface area contributed by atoms with Gasteiger partial charge in [0.05, 0.1) is 10.1 Å². The lowest BCUT2D eigenvalue weighted by molar-refractivity contribution is -0.120. The Hall–Kier alpha value is -2.12. The number of nitrogens with one attached hydrogen (secondary N) is 1. The predicted octanol–water partition coefficient (Wildman–Crippen LogP) is 1.98. The summed E-state index contributed by atoms with van der Waals surface area (Å²) in [4.78, 5) is 36.8. The standard InChI is InChI=1S/C25H35N5O5S2/c1-28-8-10-29(11-9-28)17-19-16-26-25(36-19)27-24(32)22(14-18-5-12-35-13-6-18)30-7-4-21(15-23(30)31)37(33,34)20-2-3-20/h4,7,15-16,18,20,22H,2-3,5-6,8-14,17H2,1H3,(H,26,27,32). The molecular formula is C25H35N5O5S2. The predicted molar refractivity (Wildman–Crippen MR) is 142 cm³/mol. The van der Waals surface area contributed by atoms with Gasteiger partial charge in [0.1, 0.15) is 6.04 Å². The van der Waals surface area contributed by atoms with Gasteiger partial charge in [0.15, 0.2) is 15.0 Å². The van der Waals surface area contributed by atoms with Gasteiger partial charge in [-0.25, -0.2) is 13.4 Å². The van der Waals surface area contributed by atoms with Crippen LogP contribution in [0.5, 0.6) is 0 Å². The van der Waals surface area contributed by atoms with Gasteiger partial charge in [0.25, 0.3) is 5.56 Å².